The first-order valence-electron chi connectivity index (χ1n) is 7.87. The third-order valence-electron chi connectivity index (χ3n) is 4.24. The first-order chi connectivity index (χ1) is 11.5. The van der Waals surface area contributed by atoms with E-state index in [-0.39, 0.29) is 30.4 Å². The van der Waals surface area contributed by atoms with Gasteiger partial charge in [-0.2, -0.15) is 5.10 Å². The van der Waals surface area contributed by atoms with E-state index in [1.807, 2.05) is 0 Å². The summed E-state index contributed by atoms with van der Waals surface area (Å²) in [5.41, 5.74) is 6.45. The molecule has 1 saturated heterocycles. The van der Waals surface area contributed by atoms with Crippen LogP contribution in [0.15, 0.2) is 30.3 Å². The fraction of sp³-hybridized carbons (Fsp3) is 0.353. The van der Waals surface area contributed by atoms with Crippen LogP contribution in [0, 0.1) is 11.6 Å². The molecule has 2 N–H and O–H groups in total. The van der Waals surface area contributed by atoms with Gasteiger partial charge in [0, 0.05) is 13.0 Å². The van der Waals surface area contributed by atoms with Gasteiger partial charge in [0.2, 0.25) is 5.91 Å². The lowest BCUT2D eigenvalue weighted by Crippen LogP contribution is -2.31. The first kappa shape index (κ1) is 16.3. The van der Waals surface area contributed by atoms with Gasteiger partial charge in [-0.15, -0.1) is 5.10 Å². The van der Waals surface area contributed by atoms with E-state index in [4.69, 9.17) is 5.73 Å². The molecule has 7 heteroatoms. The smallest absolute Gasteiger partial charge is 0.223 e. The van der Waals surface area contributed by atoms with Crippen LogP contribution < -0.4 is 5.73 Å². The maximum atomic E-state index is 13.7. The summed E-state index contributed by atoms with van der Waals surface area (Å²) >= 11 is 0. The molecule has 1 unspecified atom stereocenters. The van der Waals surface area contributed by atoms with Crippen LogP contribution in [-0.4, -0.2) is 27.5 Å². The lowest BCUT2D eigenvalue weighted by atomic mass is 10.1. The summed E-state index contributed by atoms with van der Waals surface area (Å²) in [7, 11) is 0. The highest BCUT2D eigenvalue weighted by atomic mass is 19.1. The van der Waals surface area contributed by atoms with Gasteiger partial charge in [0.1, 0.15) is 17.5 Å². The average Bonchev–Trinajstić information content (AvgIpc) is 3.06. The van der Waals surface area contributed by atoms with Gasteiger partial charge in [0.15, 0.2) is 0 Å². The summed E-state index contributed by atoms with van der Waals surface area (Å²) in [6.45, 7) is 0.626. The van der Waals surface area contributed by atoms with Gasteiger partial charge in [-0.3, -0.25) is 4.79 Å². The number of hydrogen-bond acceptors (Lipinski definition) is 4. The van der Waals surface area contributed by atoms with Gasteiger partial charge in [-0.05, 0) is 55.2 Å². The van der Waals surface area contributed by atoms with Gasteiger partial charge in [0.05, 0.1) is 11.7 Å². The fourth-order valence-electron chi connectivity index (χ4n) is 3.02. The molecular weight excluding hydrogens is 314 g/mol. The quantitative estimate of drug-likeness (QED) is 0.934. The molecule has 3 rings (SSSR count). The number of anilines is 1. The molecule has 1 fully saturated rings. The minimum Gasteiger partial charge on any atom is -0.382 e. The number of likely N-dealkylation sites (tertiary alicyclic amines) is 1. The molecule has 1 aromatic carbocycles. The Labute approximate surface area is 138 Å². The van der Waals surface area contributed by atoms with Crippen LogP contribution in [0.5, 0.6) is 0 Å². The van der Waals surface area contributed by atoms with E-state index < -0.39 is 11.6 Å². The highest BCUT2D eigenvalue weighted by Crippen LogP contribution is 2.31. The molecule has 5 nitrogen and oxygen atoms in total. The molecule has 0 radical (unpaired) electrons. The lowest BCUT2D eigenvalue weighted by molar-refractivity contribution is -0.132. The van der Waals surface area contributed by atoms with Crippen LogP contribution >= 0.6 is 0 Å². The van der Waals surface area contributed by atoms with Crippen molar-refractivity contribution < 1.29 is 13.6 Å². The van der Waals surface area contributed by atoms with E-state index in [0.29, 0.717) is 18.1 Å². The summed E-state index contributed by atoms with van der Waals surface area (Å²) in [4.78, 5) is 14.2. The van der Waals surface area contributed by atoms with E-state index in [9.17, 15) is 13.6 Å². The number of nitrogens with zero attached hydrogens (tertiary/aromatic N) is 3. The Morgan fingerprint density at radius 1 is 1.25 bits per heavy atom. The van der Waals surface area contributed by atoms with Crippen LogP contribution in [0.2, 0.25) is 0 Å². The van der Waals surface area contributed by atoms with E-state index in [1.54, 1.807) is 17.0 Å². The van der Waals surface area contributed by atoms with Gasteiger partial charge in [-0.1, -0.05) is 0 Å². The van der Waals surface area contributed by atoms with Crippen LogP contribution in [0.4, 0.5) is 14.6 Å². The second-order valence-electron chi connectivity index (χ2n) is 5.86. The third-order valence-corrected chi connectivity index (χ3v) is 4.24. The van der Waals surface area contributed by atoms with Crippen LogP contribution in [0.3, 0.4) is 0 Å². The van der Waals surface area contributed by atoms with E-state index in [2.05, 4.69) is 10.2 Å². The van der Waals surface area contributed by atoms with E-state index in [0.717, 1.165) is 31.0 Å². The van der Waals surface area contributed by atoms with Gasteiger partial charge in [0.25, 0.3) is 0 Å². The fourth-order valence-corrected chi connectivity index (χ4v) is 3.02. The zero-order valence-electron chi connectivity index (χ0n) is 13.1. The van der Waals surface area contributed by atoms with Crippen molar-refractivity contribution in [3.05, 3.63) is 53.2 Å². The van der Waals surface area contributed by atoms with Gasteiger partial charge >= 0.3 is 0 Å². The van der Waals surface area contributed by atoms with Crippen molar-refractivity contribution in [2.24, 2.45) is 0 Å². The van der Waals surface area contributed by atoms with Crippen molar-refractivity contribution in [2.75, 3.05) is 12.3 Å². The summed E-state index contributed by atoms with van der Waals surface area (Å²) in [5, 5.41) is 7.89. The summed E-state index contributed by atoms with van der Waals surface area (Å²) in [6.07, 6.45) is 1.97. The molecule has 0 saturated carbocycles. The Hall–Kier alpha value is -2.57. The zero-order chi connectivity index (χ0) is 17.1. The van der Waals surface area contributed by atoms with Crippen molar-refractivity contribution in [2.45, 2.75) is 31.7 Å². The van der Waals surface area contributed by atoms with Crippen LogP contribution in [0.1, 0.15) is 36.6 Å². The van der Waals surface area contributed by atoms with E-state index >= 15 is 0 Å². The number of nitrogen functional groups attached to an aromatic ring is 1. The Bertz CT molecular complexity index is 736. The maximum Gasteiger partial charge on any atom is 0.223 e. The molecule has 0 bridgehead atoms. The number of halogens is 2. The molecule has 1 amide bonds. The predicted octanol–water partition coefficient (Wildman–Crippen LogP) is 2.63. The average molecular weight is 332 g/mol. The standard InChI is InChI=1S/C17H18F2N4O/c18-12-4-5-13(19)11(10-12)3-8-17(24)23-9-1-2-15(23)14-6-7-16(20)22-21-14/h4-7,10,15H,1-3,8-9H2,(H2,20,22). The Kier molecular flexibility index (Phi) is 4.69. The molecule has 1 aromatic heterocycles. The Balaban J connectivity index is 1.67. The van der Waals surface area contributed by atoms with Crippen molar-refractivity contribution >= 4 is 11.7 Å². The molecule has 2 aromatic rings. The SMILES string of the molecule is Nc1ccc(C2CCCN2C(=O)CCc2cc(F)ccc2F)nn1. The number of amides is 1. The molecule has 1 atom stereocenters. The number of carbonyl (C=O) groups is 1. The number of aryl methyl sites for hydroxylation is 1. The molecule has 0 spiro atoms. The topological polar surface area (TPSA) is 72.1 Å². The largest absolute Gasteiger partial charge is 0.382 e. The van der Waals surface area contributed by atoms with Crippen LogP contribution in [0.25, 0.3) is 0 Å². The predicted molar refractivity (Wildman–Crippen MR) is 84.8 cm³/mol. The minimum atomic E-state index is -0.505. The van der Waals surface area contributed by atoms with Crippen molar-refractivity contribution in [3.8, 4) is 0 Å². The Morgan fingerprint density at radius 3 is 2.83 bits per heavy atom. The number of nitrogens with two attached hydrogens (primary N) is 1. The maximum absolute atomic E-state index is 13.7. The molecule has 126 valence electrons. The van der Waals surface area contributed by atoms with Gasteiger partial charge < -0.3 is 10.6 Å². The van der Waals surface area contributed by atoms with E-state index in [1.165, 1.54) is 0 Å². The number of hydrogen-bond donors (Lipinski definition) is 1. The van der Waals surface area contributed by atoms with Gasteiger partial charge in [-0.25, -0.2) is 8.78 Å². The number of aromatic nitrogens is 2. The van der Waals surface area contributed by atoms with Crippen molar-refractivity contribution in [1.29, 1.82) is 0 Å². The van der Waals surface area contributed by atoms with Crippen molar-refractivity contribution in [3.63, 3.8) is 0 Å². The van der Waals surface area contributed by atoms with Crippen molar-refractivity contribution in [1.82, 2.24) is 15.1 Å². The Morgan fingerprint density at radius 2 is 2.08 bits per heavy atom. The minimum absolute atomic E-state index is 0.0974. The monoisotopic (exact) mass is 332 g/mol. The molecule has 24 heavy (non-hydrogen) atoms. The summed E-state index contributed by atoms with van der Waals surface area (Å²) in [6, 6.07) is 6.57. The normalized spacial score (nSPS) is 17.2. The number of benzene rings is 1. The second-order valence-corrected chi connectivity index (χ2v) is 5.86. The summed E-state index contributed by atoms with van der Waals surface area (Å²) in [5.74, 6) is -0.766. The molecule has 0 aliphatic carbocycles. The molecule has 1 aliphatic heterocycles. The number of rotatable bonds is 4. The first-order valence-corrected chi connectivity index (χ1v) is 7.87. The third kappa shape index (κ3) is 3.50. The molecular formula is C17H18F2N4O. The highest BCUT2D eigenvalue weighted by molar-refractivity contribution is 5.77. The zero-order valence-corrected chi connectivity index (χ0v) is 13.1. The van der Waals surface area contributed by atoms with Crippen LogP contribution in [-0.2, 0) is 11.2 Å². The second kappa shape index (κ2) is 6.90. The molecule has 1 aliphatic rings. The highest BCUT2D eigenvalue weighted by Gasteiger charge is 2.30. The summed E-state index contributed by atoms with van der Waals surface area (Å²) < 4.78 is 26.9. The number of carbonyl (C=O) groups excluding carboxylic acids is 1. The lowest BCUT2D eigenvalue weighted by Gasteiger charge is -2.24. The molecule has 2 heterocycles.